The van der Waals surface area contributed by atoms with Gasteiger partial charge in [0.1, 0.15) is 18.2 Å². The predicted molar refractivity (Wildman–Crippen MR) is 116 cm³/mol. The molecule has 0 aromatic heterocycles. The molecule has 180 valence electrons. The average Bonchev–Trinajstić information content (AvgIpc) is 3.32. The molecule has 1 aliphatic rings. The van der Waals surface area contributed by atoms with Gasteiger partial charge in [0.05, 0.1) is 29.8 Å². The Morgan fingerprint density at radius 3 is 2.12 bits per heavy atom. The first kappa shape index (κ1) is 23.9. The standard InChI is InChI=1S/C24H20F6N2O2/c1-33-6-7-34-21-12-15-3-2-14(8-16(15)11-20(21)22-31-4-5-32-22)17-9-18(23(25,26)27)13-19(10-17)24(28,29)30/h2-3,8-13H,4-7H2,1H3,(H,31,32). The molecule has 34 heavy (non-hydrogen) atoms. The van der Waals surface area contributed by atoms with E-state index < -0.39 is 23.5 Å². The number of amidine groups is 1. The van der Waals surface area contributed by atoms with Gasteiger partial charge in [-0.3, -0.25) is 4.99 Å². The maximum atomic E-state index is 13.3. The largest absolute Gasteiger partial charge is 0.490 e. The van der Waals surface area contributed by atoms with E-state index in [4.69, 9.17) is 9.47 Å². The van der Waals surface area contributed by atoms with Crippen LogP contribution in [0.5, 0.6) is 5.75 Å². The zero-order valence-corrected chi connectivity index (χ0v) is 18.0. The van der Waals surface area contributed by atoms with Gasteiger partial charge in [-0.15, -0.1) is 0 Å². The molecule has 0 atom stereocenters. The van der Waals surface area contributed by atoms with Crippen molar-refractivity contribution in [1.82, 2.24) is 5.32 Å². The topological polar surface area (TPSA) is 42.9 Å². The molecule has 0 radical (unpaired) electrons. The van der Waals surface area contributed by atoms with Crippen molar-refractivity contribution in [2.24, 2.45) is 4.99 Å². The fourth-order valence-electron chi connectivity index (χ4n) is 3.70. The summed E-state index contributed by atoms with van der Waals surface area (Å²) >= 11 is 0. The molecule has 1 heterocycles. The summed E-state index contributed by atoms with van der Waals surface area (Å²) in [4.78, 5) is 4.40. The van der Waals surface area contributed by atoms with Gasteiger partial charge < -0.3 is 14.8 Å². The third-order valence-corrected chi connectivity index (χ3v) is 5.33. The number of rotatable bonds is 6. The lowest BCUT2D eigenvalue weighted by molar-refractivity contribution is -0.143. The second-order valence-corrected chi connectivity index (χ2v) is 7.70. The minimum Gasteiger partial charge on any atom is -0.490 e. The maximum Gasteiger partial charge on any atom is 0.416 e. The molecular weight excluding hydrogens is 462 g/mol. The molecule has 0 spiro atoms. The molecule has 4 rings (SSSR count). The van der Waals surface area contributed by atoms with Gasteiger partial charge in [-0.1, -0.05) is 12.1 Å². The monoisotopic (exact) mass is 482 g/mol. The Hall–Kier alpha value is -3.27. The number of nitrogens with zero attached hydrogens (tertiary/aromatic N) is 1. The summed E-state index contributed by atoms with van der Waals surface area (Å²) in [5.74, 6) is 1.15. The molecule has 0 unspecified atom stereocenters. The second kappa shape index (κ2) is 9.17. The number of alkyl halides is 6. The Morgan fingerprint density at radius 2 is 1.53 bits per heavy atom. The first-order valence-corrected chi connectivity index (χ1v) is 10.3. The van der Waals surface area contributed by atoms with Gasteiger partial charge in [0.2, 0.25) is 0 Å². The second-order valence-electron chi connectivity index (χ2n) is 7.70. The molecule has 0 bridgehead atoms. The molecule has 1 aliphatic heterocycles. The minimum absolute atomic E-state index is 0.121. The molecular formula is C24H20F6N2O2. The van der Waals surface area contributed by atoms with Crippen molar-refractivity contribution >= 4 is 16.6 Å². The van der Waals surface area contributed by atoms with Gasteiger partial charge in [-0.25, -0.2) is 0 Å². The van der Waals surface area contributed by atoms with Crippen molar-refractivity contribution in [3.63, 3.8) is 0 Å². The van der Waals surface area contributed by atoms with Gasteiger partial charge >= 0.3 is 12.4 Å². The van der Waals surface area contributed by atoms with E-state index in [0.717, 1.165) is 12.1 Å². The predicted octanol–water partition coefficient (Wildman–Crippen LogP) is 5.92. The van der Waals surface area contributed by atoms with Crippen LogP contribution in [0.3, 0.4) is 0 Å². The van der Waals surface area contributed by atoms with Crippen LogP contribution in [-0.2, 0) is 17.1 Å². The van der Waals surface area contributed by atoms with Gasteiger partial charge in [-0.2, -0.15) is 26.3 Å². The lowest BCUT2D eigenvalue weighted by Gasteiger charge is -2.16. The number of methoxy groups -OCH3 is 1. The van der Waals surface area contributed by atoms with Crippen LogP contribution in [0.4, 0.5) is 26.3 Å². The molecule has 0 saturated heterocycles. The smallest absolute Gasteiger partial charge is 0.416 e. The first-order chi connectivity index (χ1) is 16.1. The molecule has 3 aromatic rings. The number of fused-ring (bicyclic) bond motifs is 1. The molecule has 3 aromatic carbocycles. The number of ether oxygens (including phenoxy) is 2. The molecule has 1 N–H and O–H groups in total. The van der Waals surface area contributed by atoms with Gasteiger partial charge in [0.15, 0.2) is 0 Å². The highest BCUT2D eigenvalue weighted by atomic mass is 19.4. The number of halogens is 6. The van der Waals surface area contributed by atoms with Crippen LogP contribution in [-0.4, -0.2) is 39.2 Å². The van der Waals surface area contributed by atoms with E-state index in [1.54, 1.807) is 31.4 Å². The summed E-state index contributed by atoms with van der Waals surface area (Å²) < 4.78 is 90.6. The highest BCUT2D eigenvalue weighted by Crippen LogP contribution is 2.39. The summed E-state index contributed by atoms with van der Waals surface area (Å²) in [7, 11) is 1.55. The Bertz CT molecular complexity index is 1200. The molecule has 0 saturated carbocycles. The van der Waals surface area contributed by atoms with Crippen LogP contribution in [0.2, 0.25) is 0 Å². The molecule has 10 heteroatoms. The number of hydrogen-bond donors (Lipinski definition) is 1. The number of benzene rings is 3. The normalized spacial score (nSPS) is 14.3. The van der Waals surface area contributed by atoms with Crippen LogP contribution >= 0.6 is 0 Å². The third kappa shape index (κ3) is 5.11. The first-order valence-electron chi connectivity index (χ1n) is 10.3. The zero-order chi connectivity index (χ0) is 24.5. The highest BCUT2D eigenvalue weighted by Gasteiger charge is 2.37. The summed E-state index contributed by atoms with van der Waals surface area (Å²) in [5, 5.41) is 4.48. The van der Waals surface area contributed by atoms with E-state index in [9.17, 15) is 26.3 Å². The van der Waals surface area contributed by atoms with Crippen molar-refractivity contribution in [2.45, 2.75) is 12.4 Å². The quantitative estimate of drug-likeness (QED) is 0.351. The van der Waals surface area contributed by atoms with Crippen molar-refractivity contribution in [3.05, 3.63) is 65.2 Å². The van der Waals surface area contributed by atoms with Crippen molar-refractivity contribution in [1.29, 1.82) is 0 Å². The zero-order valence-electron chi connectivity index (χ0n) is 18.0. The Morgan fingerprint density at radius 1 is 0.824 bits per heavy atom. The van der Waals surface area contributed by atoms with Gasteiger partial charge in [-0.05, 0) is 58.3 Å². The number of nitrogens with one attached hydrogen (secondary N) is 1. The Balaban J connectivity index is 1.83. The molecule has 4 nitrogen and oxygen atoms in total. The van der Waals surface area contributed by atoms with Crippen LogP contribution in [0.25, 0.3) is 21.9 Å². The fraction of sp³-hybridized carbons (Fsp3) is 0.292. The van der Waals surface area contributed by atoms with E-state index in [0.29, 0.717) is 54.2 Å². The van der Waals surface area contributed by atoms with Crippen LogP contribution in [0.15, 0.2) is 53.5 Å². The van der Waals surface area contributed by atoms with E-state index in [2.05, 4.69) is 10.3 Å². The summed E-state index contributed by atoms with van der Waals surface area (Å²) in [6, 6.07) is 9.77. The van der Waals surface area contributed by atoms with Crippen molar-refractivity contribution < 1.29 is 35.8 Å². The van der Waals surface area contributed by atoms with Crippen molar-refractivity contribution in [3.8, 4) is 16.9 Å². The Labute approximate surface area is 191 Å². The number of aliphatic imine (C=N–C) groups is 1. The lowest BCUT2D eigenvalue weighted by Crippen LogP contribution is -2.20. The van der Waals surface area contributed by atoms with E-state index in [-0.39, 0.29) is 17.2 Å². The molecule has 0 amide bonds. The third-order valence-electron chi connectivity index (χ3n) is 5.33. The van der Waals surface area contributed by atoms with Crippen molar-refractivity contribution in [2.75, 3.05) is 33.4 Å². The van der Waals surface area contributed by atoms with Crippen LogP contribution < -0.4 is 10.1 Å². The van der Waals surface area contributed by atoms with E-state index in [1.807, 2.05) is 0 Å². The van der Waals surface area contributed by atoms with Crippen LogP contribution in [0.1, 0.15) is 16.7 Å². The summed E-state index contributed by atoms with van der Waals surface area (Å²) in [6.07, 6.45) is -9.83. The number of hydrogen-bond acceptors (Lipinski definition) is 4. The summed E-state index contributed by atoms with van der Waals surface area (Å²) in [6.45, 7) is 1.89. The fourth-order valence-corrected chi connectivity index (χ4v) is 3.70. The molecule has 0 aliphatic carbocycles. The molecule has 0 fully saturated rings. The minimum atomic E-state index is -4.92. The van der Waals surface area contributed by atoms with E-state index >= 15 is 0 Å². The SMILES string of the molecule is COCCOc1cc2ccc(-c3cc(C(F)(F)F)cc(C(F)(F)F)c3)cc2cc1C1=NCCN1. The maximum absolute atomic E-state index is 13.3. The van der Waals surface area contributed by atoms with Gasteiger partial charge in [0.25, 0.3) is 0 Å². The average molecular weight is 482 g/mol. The van der Waals surface area contributed by atoms with E-state index in [1.165, 1.54) is 6.07 Å². The highest BCUT2D eigenvalue weighted by molar-refractivity contribution is 6.06. The Kier molecular flexibility index (Phi) is 6.44. The van der Waals surface area contributed by atoms with Crippen LogP contribution in [0, 0.1) is 0 Å². The van der Waals surface area contributed by atoms with Gasteiger partial charge in [0, 0.05) is 13.7 Å². The summed E-state index contributed by atoms with van der Waals surface area (Å²) in [5.41, 5.74) is -2.01. The lowest BCUT2D eigenvalue weighted by atomic mass is 9.96.